The molecule has 0 saturated heterocycles. The first kappa shape index (κ1) is 13.9. The molecule has 2 rings (SSSR count). The molecule has 0 saturated carbocycles. The van der Waals surface area contributed by atoms with E-state index in [1.807, 2.05) is 6.07 Å². The predicted molar refractivity (Wildman–Crippen MR) is 79.3 cm³/mol. The van der Waals surface area contributed by atoms with Gasteiger partial charge in [0, 0.05) is 11.3 Å². The fraction of sp³-hybridized carbons (Fsp3) is 0. The number of nitrogen functional groups attached to an aromatic ring is 1. The number of aromatic hydroxyl groups is 1. The van der Waals surface area contributed by atoms with Gasteiger partial charge in [0.2, 0.25) is 0 Å². The van der Waals surface area contributed by atoms with Gasteiger partial charge in [0.25, 0.3) is 5.91 Å². The van der Waals surface area contributed by atoms with Crippen LogP contribution < -0.4 is 11.1 Å². The SMILES string of the molecule is N#Cc1cc(N)ccc1NC(=O)c1ccc(Br)c(O)c1. The number of nitriles is 1. The van der Waals surface area contributed by atoms with E-state index in [1.165, 1.54) is 12.1 Å². The van der Waals surface area contributed by atoms with Gasteiger partial charge in [0.1, 0.15) is 11.8 Å². The van der Waals surface area contributed by atoms with E-state index in [1.54, 1.807) is 24.3 Å². The Morgan fingerprint density at radius 3 is 2.70 bits per heavy atom. The van der Waals surface area contributed by atoms with Crippen LogP contribution in [0.25, 0.3) is 0 Å². The van der Waals surface area contributed by atoms with Crippen LogP contribution in [-0.4, -0.2) is 11.0 Å². The highest BCUT2D eigenvalue weighted by Gasteiger charge is 2.11. The van der Waals surface area contributed by atoms with Gasteiger partial charge in [-0.1, -0.05) is 0 Å². The molecule has 4 N–H and O–H groups in total. The number of nitrogens with one attached hydrogen (secondary N) is 1. The topological polar surface area (TPSA) is 99.1 Å². The second-order valence-corrected chi connectivity index (χ2v) is 4.89. The fourth-order valence-electron chi connectivity index (χ4n) is 1.61. The van der Waals surface area contributed by atoms with E-state index in [-0.39, 0.29) is 16.9 Å². The Balaban J connectivity index is 2.28. The highest BCUT2D eigenvalue weighted by Crippen LogP contribution is 2.25. The average molecular weight is 332 g/mol. The minimum Gasteiger partial charge on any atom is -0.507 e. The number of phenolic OH excluding ortho intramolecular Hbond substituents is 1. The Morgan fingerprint density at radius 2 is 2.05 bits per heavy atom. The highest BCUT2D eigenvalue weighted by atomic mass is 79.9. The summed E-state index contributed by atoms with van der Waals surface area (Å²) in [5, 5.41) is 21.2. The van der Waals surface area contributed by atoms with Crippen molar-refractivity contribution in [3.8, 4) is 11.8 Å². The summed E-state index contributed by atoms with van der Waals surface area (Å²) in [6.45, 7) is 0. The Morgan fingerprint density at radius 1 is 1.30 bits per heavy atom. The Kier molecular flexibility index (Phi) is 3.91. The first-order valence-corrected chi connectivity index (χ1v) is 6.40. The molecule has 0 aromatic heterocycles. The van der Waals surface area contributed by atoms with Crippen LogP contribution >= 0.6 is 15.9 Å². The number of hydrogen-bond acceptors (Lipinski definition) is 4. The third kappa shape index (κ3) is 2.90. The van der Waals surface area contributed by atoms with Gasteiger partial charge in [-0.2, -0.15) is 5.26 Å². The maximum atomic E-state index is 12.1. The zero-order valence-electron chi connectivity index (χ0n) is 10.2. The third-order valence-electron chi connectivity index (χ3n) is 2.62. The van der Waals surface area contributed by atoms with Gasteiger partial charge in [0.05, 0.1) is 15.7 Å². The molecule has 0 aliphatic rings. The van der Waals surface area contributed by atoms with E-state index in [9.17, 15) is 9.90 Å². The second-order valence-electron chi connectivity index (χ2n) is 4.04. The molecule has 5 nitrogen and oxygen atoms in total. The smallest absolute Gasteiger partial charge is 0.255 e. The molecule has 6 heteroatoms. The van der Waals surface area contributed by atoms with Gasteiger partial charge in [-0.3, -0.25) is 4.79 Å². The van der Waals surface area contributed by atoms with Crippen molar-refractivity contribution in [3.63, 3.8) is 0 Å². The molecule has 0 bridgehead atoms. The molecule has 0 aliphatic carbocycles. The van der Waals surface area contributed by atoms with Crippen LogP contribution in [0.3, 0.4) is 0 Å². The first-order chi connectivity index (χ1) is 9.51. The molecule has 0 heterocycles. The number of halogens is 1. The summed E-state index contributed by atoms with van der Waals surface area (Å²) in [6, 6.07) is 11.1. The minimum atomic E-state index is -0.422. The quantitative estimate of drug-likeness (QED) is 0.736. The molecule has 20 heavy (non-hydrogen) atoms. The lowest BCUT2D eigenvalue weighted by molar-refractivity contribution is 0.102. The number of benzene rings is 2. The standard InChI is InChI=1S/C14H10BrN3O2/c15-11-3-1-8(6-13(11)19)14(20)18-12-4-2-10(17)5-9(12)7-16/h1-6,19H,17H2,(H,18,20). The number of anilines is 2. The first-order valence-electron chi connectivity index (χ1n) is 5.61. The maximum absolute atomic E-state index is 12.1. The molecule has 0 fully saturated rings. The van der Waals surface area contributed by atoms with E-state index in [2.05, 4.69) is 21.2 Å². The fourth-order valence-corrected chi connectivity index (χ4v) is 1.86. The number of amides is 1. The van der Waals surface area contributed by atoms with Crippen molar-refractivity contribution in [3.05, 3.63) is 52.0 Å². The zero-order valence-corrected chi connectivity index (χ0v) is 11.8. The number of hydrogen-bond donors (Lipinski definition) is 3. The monoisotopic (exact) mass is 331 g/mol. The number of carbonyl (C=O) groups is 1. The molecule has 100 valence electrons. The molecule has 0 spiro atoms. The van der Waals surface area contributed by atoms with Crippen molar-refractivity contribution in [1.82, 2.24) is 0 Å². The molecule has 1 amide bonds. The number of carbonyl (C=O) groups excluding carboxylic acids is 1. The lowest BCUT2D eigenvalue weighted by atomic mass is 10.1. The highest BCUT2D eigenvalue weighted by molar-refractivity contribution is 9.10. The van der Waals surface area contributed by atoms with Gasteiger partial charge < -0.3 is 16.2 Å². The van der Waals surface area contributed by atoms with Gasteiger partial charge in [-0.15, -0.1) is 0 Å². The largest absolute Gasteiger partial charge is 0.507 e. The van der Waals surface area contributed by atoms with Crippen molar-refractivity contribution in [2.24, 2.45) is 0 Å². The number of nitrogens with zero attached hydrogens (tertiary/aromatic N) is 1. The van der Waals surface area contributed by atoms with Gasteiger partial charge in [0.15, 0.2) is 0 Å². The minimum absolute atomic E-state index is 0.0320. The summed E-state index contributed by atoms with van der Waals surface area (Å²) in [4.78, 5) is 12.1. The lowest BCUT2D eigenvalue weighted by Gasteiger charge is -2.08. The van der Waals surface area contributed by atoms with Crippen LogP contribution in [-0.2, 0) is 0 Å². The van der Waals surface area contributed by atoms with Gasteiger partial charge in [-0.05, 0) is 52.3 Å². The summed E-state index contributed by atoms with van der Waals surface area (Å²) >= 11 is 3.14. The third-order valence-corrected chi connectivity index (χ3v) is 3.29. The van der Waals surface area contributed by atoms with Gasteiger partial charge in [-0.25, -0.2) is 0 Å². The Hall–Kier alpha value is -2.52. The predicted octanol–water partition coefficient (Wildman–Crippen LogP) is 2.86. The van der Waals surface area contributed by atoms with E-state index in [0.717, 1.165) is 0 Å². The summed E-state index contributed by atoms with van der Waals surface area (Å²) in [6.07, 6.45) is 0. The molecule has 0 radical (unpaired) electrons. The molecular weight excluding hydrogens is 322 g/mol. The zero-order chi connectivity index (χ0) is 14.7. The van der Waals surface area contributed by atoms with Crippen LogP contribution in [0.1, 0.15) is 15.9 Å². The molecule has 0 atom stereocenters. The maximum Gasteiger partial charge on any atom is 0.255 e. The molecule has 0 unspecified atom stereocenters. The van der Waals surface area contributed by atoms with Crippen molar-refractivity contribution in [2.75, 3.05) is 11.1 Å². The van der Waals surface area contributed by atoms with Crippen LogP contribution in [0, 0.1) is 11.3 Å². The number of nitrogens with two attached hydrogens (primary N) is 1. The number of phenols is 1. The molecular formula is C14H10BrN3O2. The lowest BCUT2D eigenvalue weighted by Crippen LogP contribution is -2.12. The summed E-state index contributed by atoms with van der Waals surface area (Å²) < 4.78 is 0.499. The van der Waals surface area contributed by atoms with Crippen molar-refractivity contribution < 1.29 is 9.90 Å². The summed E-state index contributed by atoms with van der Waals surface area (Å²) in [5.74, 6) is -0.454. The van der Waals surface area contributed by atoms with Crippen LogP contribution in [0.2, 0.25) is 0 Å². The molecule has 0 aliphatic heterocycles. The van der Waals surface area contributed by atoms with E-state index < -0.39 is 5.91 Å². The van der Waals surface area contributed by atoms with Crippen LogP contribution in [0.4, 0.5) is 11.4 Å². The van der Waals surface area contributed by atoms with Crippen molar-refractivity contribution in [2.45, 2.75) is 0 Å². The normalized spacial score (nSPS) is 9.80. The van der Waals surface area contributed by atoms with Gasteiger partial charge >= 0.3 is 0 Å². The van der Waals surface area contributed by atoms with E-state index >= 15 is 0 Å². The summed E-state index contributed by atoms with van der Waals surface area (Å²) in [5.41, 5.74) is 6.96. The summed E-state index contributed by atoms with van der Waals surface area (Å²) in [7, 11) is 0. The molecule has 2 aromatic rings. The average Bonchev–Trinajstić information content (AvgIpc) is 2.43. The van der Waals surface area contributed by atoms with E-state index in [0.29, 0.717) is 15.8 Å². The Bertz CT molecular complexity index is 723. The van der Waals surface area contributed by atoms with Crippen molar-refractivity contribution in [1.29, 1.82) is 5.26 Å². The molecule has 2 aromatic carbocycles. The Labute approximate surface area is 123 Å². The van der Waals surface area contributed by atoms with Crippen LogP contribution in [0.5, 0.6) is 5.75 Å². The number of rotatable bonds is 2. The van der Waals surface area contributed by atoms with Crippen LogP contribution in [0.15, 0.2) is 40.9 Å². The second kappa shape index (κ2) is 5.63. The van der Waals surface area contributed by atoms with E-state index in [4.69, 9.17) is 11.0 Å². The van der Waals surface area contributed by atoms with Crippen molar-refractivity contribution >= 4 is 33.2 Å².